The first-order valence-corrected chi connectivity index (χ1v) is 13.2. The zero-order chi connectivity index (χ0) is 24.8. The van der Waals surface area contributed by atoms with Crippen LogP contribution in [0.3, 0.4) is 0 Å². The van der Waals surface area contributed by atoms with Crippen LogP contribution in [0.1, 0.15) is 65.9 Å². The van der Waals surface area contributed by atoms with E-state index in [1.54, 1.807) is 11.3 Å². The Morgan fingerprint density at radius 1 is 1.08 bits per heavy atom. The fraction of sp³-hybridized carbons (Fsp3) is 0.370. The average Bonchev–Trinajstić information content (AvgIpc) is 3.45. The van der Waals surface area contributed by atoms with E-state index < -0.39 is 23.3 Å². The Balaban J connectivity index is 1.06. The molecule has 4 aromatic rings. The number of aromatic hydroxyl groups is 1. The van der Waals surface area contributed by atoms with E-state index in [2.05, 4.69) is 39.8 Å². The molecule has 6 nitrogen and oxygen atoms in total. The molecule has 2 saturated carbocycles. The van der Waals surface area contributed by atoms with Crippen molar-refractivity contribution in [2.24, 2.45) is 5.92 Å². The molecule has 2 aromatic heterocycles. The topological polar surface area (TPSA) is 80.0 Å². The van der Waals surface area contributed by atoms with Crippen LogP contribution in [0.5, 0.6) is 5.75 Å². The van der Waals surface area contributed by atoms with Crippen molar-refractivity contribution in [2.75, 3.05) is 6.54 Å². The fourth-order valence-corrected chi connectivity index (χ4v) is 5.97. The maximum atomic E-state index is 13.5. The van der Waals surface area contributed by atoms with Gasteiger partial charge in [-0.15, -0.1) is 11.3 Å². The number of carbonyl (C=O) groups excluding carboxylic acids is 1. The number of thiazole rings is 1. The number of halogens is 2. The molecule has 1 amide bonds. The van der Waals surface area contributed by atoms with Gasteiger partial charge in [0.1, 0.15) is 0 Å². The highest BCUT2D eigenvalue weighted by Crippen LogP contribution is 2.42. The molecule has 6 rings (SSSR count). The molecule has 0 unspecified atom stereocenters. The minimum Gasteiger partial charge on any atom is -0.503 e. The number of benzene rings is 2. The first kappa shape index (κ1) is 23.1. The third-order valence-corrected chi connectivity index (χ3v) is 8.30. The first-order valence-electron chi connectivity index (χ1n) is 12.4. The van der Waals surface area contributed by atoms with E-state index in [0.717, 1.165) is 60.0 Å². The maximum Gasteiger partial charge on any atom is 0.251 e. The molecule has 2 aromatic carbocycles. The molecule has 36 heavy (non-hydrogen) atoms. The van der Waals surface area contributed by atoms with Crippen molar-refractivity contribution in [3.8, 4) is 17.0 Å². The number of amides is 1. The molecule has 2 aliphatic rings. The number of nitrogens with one attached hydrogen (secondary N) is 1. The zero-order valence-corrected chi connectivity index (χ0v) is 20.4. The molecular formula is C27H26F2N4O2S. The van der Waals surface area contributed by atoms with Gasteiger partial charge in [-0.05, 0) is 62.6 Å². The van der Waals surface area contributed by atoms with Gasteiger partial charge in [0.2, 0.25) is 0 Å². The van der Waals surface area contributed by atoms with Crippen molar-refractivity contribution in [3.05, 3.63) is 64.1 Å². The number of aromatic nitrogens is 3. The van der Waals surface area contributed by atoms with Crippen LogP contribution in [0, 0.1) is 17.6 Å². The second kappa shape index (κ2) is 9.28. The molecule has 0 bridgehead atoms. The van der Waals surface area contributed by atoms with Crippen LogP contribution in [0.2, 0.25) is 0 Å². The smallest absolute Gasteiger partial charge is 0.251 e. The molecule has 0 atom stereocenters. The normalized spacial score (nSPS) is 20.1. The summed E-state index contributed by atoms with van der Waals surface area (Å²) in [5, 5.41) is 21.3. The van der Waals surface area contributed by atoms with E-state index in [0.29, 0.717) is 24.4 Å². The van der Waals surface area contributed by atoms with E-state index in [9.17, 15) is 18.7 Å². The van der Waals surface area contributed by atoms with Gasteiger partial charge in [-0.25, -0.2) is 13.8 Å². The summed E-state index contributed by atoms with van der Waals surface area (Å²) in [6.07, 6.45) is 8.35. The molecule has 2 N–H and O–H groups in total. The summed E-state index contributed by atoms with van der Waals surface area (Å²) in [6, 6.07) is 8.34. The van der Waals surface area contributed by atoms with Gasteiger partial charge < -0.3 is 10.4 Å². The van der Waals surface area contributed by atoms with Crippen LogP contribution >= 0.6 is 11.3 Å². The molecule has 2 heterocycles. The molecule has 0 spiro atoms. The summed E-state index contributed by atoms with van der Waals surface area (Å²) in [5.41, 5.74) is 2.96. The van der Waals surface area contributed by atoms with Crippen molar-refractivity contribution >= 4 is 28.1 Å². The van der Waals surface area contributed by atoms with Gasteiger partial charge in [0.15, 0.2) is 17.4 Å². The Hall–Kier alpha value is -3.33. The van der Waals surface area contributed by atoms with Crippen LogP contribution in [-0.2, 0) is 0 Å². The van der Waals surface area contributed by atoms with Crippen LogP contribution in [0.4, 0.5) is 8.78 Å². The molecule has 0 saturated heterocycles. The average molecular weight is 509 g/mol. The fourth-order valence-electron chi connectivity index (χ4n) is 4.97. The molecule has 2 aliphatic carbocycles. The number of phenolic OH excluding ortho intramolecular Hbond substituents is 1. The zero-order valence-electron chi connectivity index (χ0n) is 19.6. The van der Waals surface area contributed by atoms with Crippen molar-refractivity contribution in [1.82, 2.24) is 20.1 Å². The Bertz CT molecular complexity index is 1410. The second-order valence-corrected chi connectivity index (χ2v) is 10.8. The number of phenols is 1. The summed E-state index contributed by atoms with van der Waals surface area (Å²) in [7, 11) is 0. The number of nitrogens with zero attached hydrogens (tertiary/aromatic N) is 3. The van der Waals surface area contributed by atoms with Gasteiger partial charge in [-0.2, -0.15) is 5.10 Å². The van der Waals surface area contributed by atoms with Crippen LogP contribution in [0.25, 0.3) is 22.2 Å². The minimum atomic E-state index is -1.14. The summed E-state index contributed by atoms with van der Waals surface area (Å²) < 4.78 is 29.1. The molecule has 0 radical (unpaired) electrons. The van der Waals surface area contributed by atoms with Gasteiger partial charge in [0.25, 0.3) is 5.91 Å². The highest BCUT2D eigenvalue weighted by molar-refractivity contribution is 7.10. The highest BCUT2D eigenvalue weighted by Gasteiger charge is 2.27. The first-order chi connectivity index (χ1) is 17.4. The third-order valence-electron chi connectivity index (χ3n) is 7.29. The summed E-state index contributed by atoms with van der Waals surface area (Å²) >= 11 is 1.75. The van der Waals surface area contributed by atoms with Crippen molar-refractivity contribution in [1.29, 1.82) is 0 Å². The Labute approximate surface area is 211 Å². The number of rotatable bonds is 6. The summed E-state index contributed by atoms with van der Waals surface area (Å²) in [5.74, 6) is -2.96. The largest absolute Gasteiger partial charge is 0.503 e. The van der Waals surface area contributed by atoms with Gasteiger partial charge in [-0.3, -0.25) is 9.48 Å². The maximum absolute atomic E-state index is 13.5. The molecule has 2 fully saturated rings. The summed E-state index contributed by atoms with van der Waals surface area (Å²) in [4.78, 5) is 17.1. The Morgan fingerprint density at radius 3 is 2.56 bits per heavy atom. The number of carbonyl (C=O) groups is 1. The quantitative estimate of drug-likeness (QED) is 0.326. The molecule has 0 aliphatic heterocycles. The van der Waals surface area contributed by atoms with Crippen molar-refractivity contribution in [3.63, 3.8) is 0 Å². The van der Waals surface area contributed by atoms with E-state index in [1.165, 1.54) is 17.8 Å². The molecule has 9 heteroatoms. The van der Waals surface area contributed by atoms with Gasteiger partial charge in [0.05, 0.1) is 22.3 Å². The van der Waals surface area contributed by atoms with Crippen molar-refractivity contribution in [2.45, 2.75) is 50.5 Å². The number of fused-ring (bicyclic) bond motifs is 1. The third kappa shape index (κ3) is 4.59. The Morgan fingerprint density at radius 2 is 1.83 bits per heavy atom. The molecule has 186 valence electrons. The monoisotopic (exact) mass is 508 g/mol. The lowest BCUT2D eigenvalue weighted by molar-refractivity contribution is 0.0940. The second-order valence-electron chi connectivity index (χ2n) is 9.90. The van der Waals surface area contributed by atoms with Crippen LogP contribution < -0.4 is 5.32 Å². The van der Waals surface area contributed by atoms with E-state index >= 15 is 0 Å². The van der Waals surface area contributed by atoms with E-state index in [4.69, 9.17) is 10.1 Å². The van der Waals surface area contributed by atoms with Crippen molar-refractivity contribution < 1.29 is 18.7 Å². The molecular weight excluding hydrogens is 482 g/mol. The van der Waals surface area contributed by atoms with Gasteiger partial charge in [-0.1, -0.05) is 12.1 Å². The number of hydrogen-bond acceptors (Lipinski definition) is 5. The van der Waals surface area contributed by atoms with E-state index in [-0.39, 0.29) is 5.56 Å². The van der Waals surface area contributed by atoms with Crippen LogP contribution in [-0.4, -0.2) is 32.3 Å². The van der Waals surface area contributed by atoms with E-state index in [1.807, 2.05) is 0 Å². The minimum absolute atomic E-state index is 0.138. The van der Waals surface area contributed by atoms with Gasteiger partial charge in [0, 0.05) is 40.6 Å². The lowest BCUT2D eigenvalue weighted by Crippen LogP contribution is -2.31. The SMILES string of the molecule is O=C(NCC1CCC(n2cc3ccc(-c4csc(C5CC5)n4)cc3n2)CC1)c1cc(F)c(O)c(F)c1. The standard InChI is InChI=1S/C27H26F2N4O2S/c28-21-9-19(10-22(29)25(21)34)26(35)30-12-15-1-7-20(8-2-15)33-13-18-6-5-17(11-23(18)32-33)24-14-36-27(31-24)16-3-4-16/h5-6,9-11,13-16,20,34H,1-4,7-8,12H2,(H,30,35). The predicted molar refractivity (Wildman–Crippen MR) is 134 cm³/mol. The van der Waals surface area contributed by atoms with Crippen LogP contribution in [0.15, 0.2) is 41.9 Å². The lowest BCUT2D eigenvalue weighted by atomic mass is 9.86. The highest BCUT2D eigenvalue weighted by atomic mass is 32.1. The lowest BCUT2D eigenvalue weighted by Gasteiger charge is -2.28. The summed E-state index contributed by atoms with van der Waals surface area (Å²) in [6.45, 7) is 0.441. The van der Waals surface area contributed by atoms with Gasteiger partial charge >= 0.3 is 0 Å². The predicted octanol–water partition coefficient (Wildman–Crippen LogP) is 6.18. The number of hydrogen-bond donors (Lipinski definition) is 2. The Kier molecular flexibility index (Phi) is 5.95.